The molecule has 0 aliphatic rings. The molecule has 1 aromatic heterocycles. The van der Waals surface area contributed by atoms with Crippen LogP contribution in [0.15, 0.2) is 24.4 Å². The van der Waals surface area contributed by atoms with Crippen LogP contribution in [0.4, 0.5) is 20.3 Å². The van der Waals surface area contributed by atoms with E-state index in [1.165, 1.54) is 0 Å². The maximum atomic E-state index is 13.8. The van der Waals surface area contributed by atoms with Crippen molar-refractivity contribution >= 4 is 40.1 Å². The lowest BCUT2D eigenvalue weighted by molar-refractivity contribution is 0.0697. The third-order valence-electron chi connectivity index (χ3n) is 2.63. The Morgan fingerprint density at radius 3 is 2.70 bits per heavy atom. The maximum absolute atomic E-state index is 13.8. The molecule has 104 valence electrons. The number of hydrogen-bond donors (Lipinski definition) is 2. The molecule has 2 rings (SSSR count). The molecule has 0 radical (unpaired) electrons. The van der Waals surface area contributed by atoms with Gasteiger partial charge in [0.1, 0.15) is 5.82 Å². The van der Waals surface area contributed by atoms with Crippen LogP contribution in [0.25, 0.3) is 0 Å². The molecule has 20 heavy (non-hydrogen) atoms. The predicted molar refractivity (Wildman–Crippen MR) is 78.3 cm³/mol. The normalized spacial score (nSPS) is 10.4. The van der Waals surface area contributed by atoms with E-state index in [-0.39, 0.29) is 11.4 Å². The summed E-state index contributed by atoms with van der Waals surface area (Å²) >= 11 is 2.08. The zero-order chi connectivity index (χ0) is 14.9. The molecule has 0 spiro atoms. The number of benzene rings is 1. The molecule has 0 aliphatic heterocycles. The SMILES string of the molecule is Cc1cc(Nc2c(C(=O)O)ccc(F)c2F)ncc1I. The molecule has 0 amide bonds. The second-order valence-corrected chi connectivity index (χ2v) is 5.19. The van der Waals surface area contributed by atoms with Gasteiger partial charge in [-0.1, -0.05) is 0 Å². The molecule has 0 bridgehead atoms. The monoisotopic (exact) mass is 390 g/mol. The molecule has 7 heteroatoms. The summed E-state index contributed by atoms with van der Waals surface area (Å²) in [6, 6.07) is 3.40. The quantitative estimate of drug-likeness (QED) is 0.785. The average molecular weight is 390 g/mol. The molecular formula is C13H9F2IN2O2. The number of aromatic nitrogens is 1. The van der Waals surface area contributed by atoms with Crippen molar-refractivity contribution < 1.29 is 18.7 Å². The summed E-state index contributed by atoms with van der Waals surface area (Å²) in [5.74, 6) is -3.48. The van der Waals surface area contributed by atoms with Crippen LogP contribution in [0.5, 0.6) is 0 Å². The highest BCUT2D eigenvalue weighted by Crippen LogP contribution is 2.26. The first kappa shape index (κ1) is 14.6. The Kier molecular flexibility index (Phi) is 4.17. The van der Waals surface area contributed by atoms with Crippen molar-refractivity contribution in [2.75, 3.05) is 5.32 Å². The lowest BCUT2D eigenvalue weighted by Crippen LogP contribution is -2.07. The van der Waals surface area contributed by atoms with Crippen molar-refractivity contribution in [1.82, 2.24) is 4.98 Å². The van der Waals surface area contributed by atoms with Gasteiger partial charge < -0.3 is 10.4 Å². The highest BCUT2D eigenvalue weighted by Gasteiger charge is 2.18. The van der Waals surface area contributed by atoms with E-state index >= 15 is 0 Å². The van der Waals surface area contributed by atoms with Crippen LogP contribution in [0.3, 0.4) is 0 Å². The lowest BCUT2D eigenvalue weighted by Gasteiger charge is -2.11. The van der Waals surface area contributed by atoms with E-state index in [1.807, 2.05) is 6.92 Å². The van der Waals surface area contributed by atoms with E-state index in [4.69, 9.17) is 5.11 Å². The number of nitrogens with zero attached hydrogens (tertiary/aromatic N) is 1. The molecule has 0 aliphatic carbocycles. The number of carboxylic acids is 1. The molecule has 0 fully saturated rings. The number of hydrogen-bond acceptors (Lipinski definition) is 3. The van der Waals surface area contributed by atoms with Crippen molar-refractivity contribution in [2.24, 2.45) is 0 Å². The van der Waals surface area contributed by atoms with Gasteiger partial charge in [0.15, 0.2) is 11.6 Å². The number of aryl methyl sites for hydroxylation is 1. The Hall–Kier alpha value is -1.77. The smallest absolute Gasteiger partial charge is 0.337 e. The number of nitrogens with one attached hydrogen (secondary N) is 1. The second-order valence-electron chi connectivity index (χ2n) is 4.03. The summed E-state index contributed by atoms with van der Waals surface area (Å²) in [7, 11) is 0. The third kappa shape index (κ3) is 2.87. The summed E-state index contributed by atoms with van der Waals surface area (Å²) < 4.78 is 27.9. The average Bonchev–Trinajstić information content (AvgIpc) is 2.39. The van der Waals surface area contributed by atoms with E-state index in [0.717, 1.165) is 21.3 Å². The zero-order valence-corrected chi connectivity index (χ0v) is 12.4. The fraction of sp³-hybridized carbons (Fsp3) is 0.0769. The van der Waals surface area contributed by atoms with E-state index in [0.29, 0.717) is 0 Å². The highest BCUT2D eigenvalue weighted by atomic mass is 127. The van der Waals surface area contributed by atoms with Crippen molar-refractivity contribution in [3.05, 3.63) is 50.7 Å². The Morgan fingerprint density at radius 2 is 2.10 bits per heavy atom. The molecule has 0 atom stereocenters. The number of carbonyl (C=O) groups is 1. The number of rotatable bonds is 3. The summed E-state index contributed by atoms with van der Waals surface area (Å²) in [4.78, 5) is 15.1. The maximum Gasteiger partial charge on any atom is 0.337 e. The number of pyridine rings is 1. The summed E-state index contributed by atoms with van der Waals surface area (Å²) in [5.41, 5.74) is 0.0873. The summed E-state index contributed by atoms with van der Waals surface area (Å²) in [6.45, 7) is 1.83. The first-order valence-corrected chi connectivity index (χ1v) is 6.58. The lowest BCUT2D eigenvalue weighted by atomic mass is 10.1. The van der Waals surface area contributed by atoms with Gasteiger partial charge in [-0.2, -0.15) is 0 Å². The van der Waals surface area contributed by atoms with Crippen LogP contribution < -0.4 is 5.32 Å². The Morgan fingerprint density at radius 1 is 1.40 bits per heavy atom. The van der Waals surface area contributed by atoms with Gasteiger partial charge in [0.05, 0.1) is 11.3 Å². The Bertz CT molecular complexity index is 692. The zero-order valence-electron chi connectivity index (χ0n) is 10.2. The highest BCUT2D eigenvalue weighted by molar-refractivity contribution is 14.1. The van der Waals surface area contributed by atoms with Crippen LogP contribution >= 0.6 is 22.6 Å². The molecule has 2 aromatic rings. The van der Waals surface area contributed by atoms with Crippen LogP contribution in [0, 0.1) is 22.1 Å². The van der Waals surface area contributed by atoms with Crippen molar-refractivity contribution in [1.29, 1.82) is 0 Å². The first-order chi connectivity index (χ1) is 9.40. The molecule has 1 heterocycles. The number of aromatic carboxylic acids is 1. The number of anilines is 2. The van der Waals surface area contributed by atoms with Crippen LogP contribution in [0.1, 0.15) is 15.9 Å². The van der Waals surface area contributed by atoms with E-state index < -0.39 is 23.3 Å². The fourth-order valence-corrected chi connectivity index (χ4v) is 1.88. The van der Waals surface area contributed by atoms with Crippen molar-refractivity contribution in [3.8, 4) is 0 Å². The minimum Gasteiger partial charge on any atom is -0.478 e. The standard InChI is InChI=1S/C13H9F2IN2O2/c1-6-4-10(17-5-9(6)16)18-12-7(13(19)20)2-3-8(14)11(12)15/h2-5H,1H3,(H,17,18)(H,19,20). The largest absolute Gasteiger partial charge is 0.478 e. The summed E-state index contributed by atoms with van der Waals surface area (Å²) in [5, 5.41) is 11.5. The minimum absolute atomic E-state index is 0.245. The first-order valence-electron chi connectivity index (χ1n) is 5.50. The molecule has 4 nitrogen and oxygen atoms in total. The van der Waals surface area contributed by atoms with Gasteiger partial charge in [-0.25, -0.2) is 18.6 Å². The second kappa shape index (κ2) is 5.70. The van der Waals surface area contributed by atoms with Gasteiger partial charge in [0, 0.05) is 9.77 Å². The number of carboxylic acid groups (broad SMARTS) is 1. The van der Waals surface area contributed by atoms with Gasteiger partial charge in [-0.05, 0) is 53.3 Å². The van der Waals surface area contributed by atoms with Crippen LogP contribution in [-0.4, -0.2) is 16.1 Å². The fourth-order valence-electron chi connectivity index (χ4n) is 1.59. The van der Waals surface area contributed by atoms with Gasteiger partial charge in [-0.3, -0.25) is 0 Å². The van der Waals surface area contributed by atoms with Gasteiger partial charge >= 0.3 is 5.97 Å². The molecule has 0 saturated carbocycles. The third-order valence-corrected chi connectivity index (χ3v) is 3.75. The van der Waals surface area contributed by atoms with Crippen molar-refractivity contribution in [3.63, 3.8) is 0 Å². The van der Waals surface area contributed by atoms with Gasteiger partial charge in [0.2, 0.25) is 0 Å². The Balaban J connectivity index is 2.49. The Labute approximate surface area is 127 Å². The topological polar surface area (TPSA) is 62.2 Å². The number of halogens is 3. The molecular weight excluding hydrogens is 381 g/mol. The molecule has 1 aromatic carbocycles. The van der Waals surface area contributed by atoms with Crippen LogP contribution in [0.2, 0.25) is 0 Å². The van der Waals surface area contributed by atoms with Crippen LogP contribution in [-0.2, 0) is 0 Å². The van der Waals surface area contributed by atoms with E-state index in [9.17, 15) is 13.6 Å². The molecule has 2 N–H and O–H groups in total. The van der Waals surface area contributed by atoms with Gasteiger partial charge in [-0.15, -0.1) is 0 Å². The molecule has 0 saturated heterocycles. The summed E-state index contributed by atoms with van der Waals surface area (Å²) in [6.07, 6.45) is 1.55. The van der Waals surface area contributed by atoms with Gasteiger partial charge in [0.25, 0.3) is 0 Å². The minimum atomic E-state index is -1.35. The molecule has 0 unspecified atom stereocenters. The van der Waals surface area contributed by atoms with Crippen molar-refractivity contribution in [2.45, 2.75) is 6.92 Å². The predicted octanol–water partition coefficient (Wildman–Crippen LogP) is 3.71. The van der Waals surface area contributed by atoms with E-state index in [1.54, 1.807) is 12.3 Å². The van der Waals surface area contributed by atoms with E-state index in [2.05, 4.69) is 32.9 Å².